The number of rotatable bonds is 4. The summed E-state index contributed by atoms with van der Waals surface area (Å²) in [5.41, 5.74) is 0. The second-order valence-corrected chi connectivity index (χ2v) is 1.88. The van der Waals surface area contributed by atoms with Crippen LogP contribution in [0, 0.1) is 7.05 Å². The van der Waals surface area contributed by atoms with E-state index in [1.165, 1.54) is 0 Å². The van der Waals surface area contributed by atoms with Crippen molar-refractivity contribution in [2.45, 2.75) is 19.8 Å². The number of Topliss-reactive ketones (excluding diaryl/α,β-unsaturated/α-hetero) is 1. The summed E-state index contributed by atoms with van der Waals surface area (Å²) in [7, 11) is 3.55. The lowest BCUT2D eigenvalue weighted by Gasteiger charge is -1.95. The van der Waals surface area contributed by atoms with Gasteiger partial charge in [0.05, 0.1) is 6.54 Å². The molecule has 2 N–H and O–H groups in total. The molecular weight excluding hydrogens is 102 g/mol. The summed E-state index contributed by atoms with van der Waals surface area (Å²) in [6, 6.07) is 0. The zero-order valence-electron chi connectivity index (χ0n) is 5.31. The van der Waals surface area contributed by atoms with E-state index < -0.39 is 0 Å². The van der Waals surface area contributed by atoms with Crippen molar-refractivity contribution in [2.24, 2.45) is 0 Å². The van der Waals surface area contributed by atoms with E-state index in [0.717, 1.165) is 13.0 Å². The predicted octanol–water partition coefficient (Wildman–Crippen LogP) is -0.289. The smallest absolute Gasteiger partial charge is 0.130 e. The number of carbonyl (C=O) groups is 1. The average Bonchev–Trinajstić information content (AvgIpc) is 1.66. The Bertz CT molecular complexity index is 70.9. The van der Waals surface area contributed by atoms with Crippen molar-refractivity contribution in [2.75, 3.05) is 6.54 Å². The molecule has 0 aliphatic heterocycles. The zero-order chi connectivity index (χ0) is 6.41. The van der Waals surface area contributed by atoms with Crippen LogP contribution in [-0.4, -0.2) is 12.3 Å². The van der Waals surface area contributed by atoms with Crippen LogP contribution in [0.5, 0.6) is 0 Å². The van der Waals surface area contributed by atoms with Gasteiger partial charge < -0.3 is 10.1 Å². The van der Waals surface area contributed by atoms with Gasteiger partial charge in [0.1, 0.15) is 5.78 Å². The van der Waals surface area contributed by atoms with Crippen LogP contribution in [-0.2, 0) is 4.79 Å². The maximum absolute atomic E-state index is 10.3. The molecule has 0 aliphatic rings. The van der Waals surface area contributed by atoms with E-state index >= 15 is 0 Å². The molecule has 0 unspecified atom stereocenters. The highest BCUT2D eigenvalue weighted by Crippen LogP contribution is 1.84. The predicted molar refractivity (Wildman–Crippen MR) is 32.1 cm³/mol. The van der Waals surface area contributed by atoms with Gasteiger partial charge in [-0.1, -0.05) is 0 Å². The average molecular weight is 115 g/mol. The second kappa shape index (κ2) is 4.78. The lowest BCUT2D eigenvalue weighted by molar-refractivity contribution is -0.595. The standard InChI is InChI=1S/C6H13NO/c1-6(8)4-3-5-7-2/h2-5,7H2,1H3. The first-order chi connectivity index (χ1) is 3.77. The molecule has 2 nitrogen and oxygen atoms in total. The van der Waals surface area contributed by atoms with E-state index in [0.29, 0.717) is 6.42 Å². The van der Waals surface area contributed by atoms with E-state index in [1.54, 1.807) is 6.92 Å². The second-order valence-electron chi connectivity index (χ2n) is 1.88. The molecule has 0 atom stereocenters. The summed E-state index contributed by atoms with van der Waals surface area (Å²) in [5, 5.41) is 1.84. The summed E-state index contributed by atoms with van der Waals surface area (Å²) >= 11 is 0. The fourth-order valence-corrected chi connectivity index (χ4v) is 0.495. The number of hydrogen-bond acceptors (Lipinski definition) is 1. The topological polar surface area (TPSA) is 33.7 Å². The summed E-state index contributed by atoms with van der Waals surface area (Å²) in [6.45, 7) is 2.57. The van der Waals surface area contributed by atoms with Crippen molar-refractivity contribution in [1.82, 2.24) is 0 Å². The Morgan fingerprint density at radius 1 is 1.75 bits per heavy atom. The van der Waals surface area contributed by atoms with Crippen LogP contribution < -0.4 is 5.32 Å². The van der Waals surface area contributed by atoms with Crippen molar-refractivity contribution < 1.29 is 10.1 Å². The number of hydrogen-bond donors (Lipinski definition) is 1. The maximum atomic E-state index is 10.3. The maximum Gasteiger partial charge on any atom is 0.130 e. The van der Waals surface area contributed by atoms with Crippen LogP contribution in [0.1, 0.15) is 19.8 Å². The molecule has 48 valence electrons. The van der Waals surface area contributed by atoms with E-state index in [-0.39, 0.29) is 5.78 Å². The summed E-state index contributed by atoms with van der Waals surface area (Å²) in [5.74, 6) is 0.270. The Balaban J connectivity index is 2.82. The van der Waals surface area contributed by atoms with E-state index in [4.69, 9.17) is 0 Å². The fourth-order valence-electron chi connectivity index (χ4n) is 0.495. The normalized spacial score (nSPS) is 9.25. The molecule has 8 heavy (non-hydrogen) atoms. The molecule has 0 saturated carbocycles. The van der Waals surface area contributed by atoms with Gasteiger partial charge >= 0.3 is 0 Å². The molecule has 0 aromatic rings. The molecule has 0 aromatic heterocycles. The first kappa shape index (κ1) is 7.63. The van der Waals surface area contributed by atoms with Crippen molar-refractivity contribution in [3.8, 4) is 0 Å². The molecule has 0 bridgehead atoms. The van der Waals surface area contributed by atoms with Crippen LogP contribution >= 0.6 is 0 Å². The molecule has 2 heteroatoms. The fraction of sp³-hybridized carbons (Fsp3) is 0.667. The summed E-state index contributed by atoms with van der Waals surface area (Å²) in [6.07, 6.45) is 1.66. The molecule has 0 rings (SSSR count). The highest BCUT2D eigenvalue weighted by molar-refractivity contribution is 5.75. The Morgan fingerprint density at radius 3 is 2.75 bits per heavy atom. The monoisotopic (exact) mass is 115 g/mol. The summed E-state index contributed by atoms with van der Waals surface area (Å²) < 4.78 is 0. The largest absolute Gasteiger partial charge is 0.479 e. The number of carbonyl (C=O) groups excluding carboxylic acids is 1. The molecule has 0 saturated heterocycles. The lowest BCUT2D eigenvalue weighted by Crippen LogP contribution is -2.76. The Labute approximate surface area is 50.3 Å². The van der Waals surface area contributed by atoms with Gasteiger partial charge in [-0.3, -0.25) is 0 Å². The van der Waals surface area contributed by atoms with Gasteiger partial charge in [0, 0.05) is 12.8 Å². The number of quaternary nitrogens is 1. The minimum Gasteiger partial charge on any atom is -0.479 e. The van der Waals surface area contributed by atoms with Crippen molar-refractivity contribution in [3.63, 3.8) is 0 Å². The quantitative estimate of drug-likeness (QED) is 0.396. The number of nitrogens with two attached hydrogens (primary N) is 1. The molecule has 0 fully saturated rings. The molecular formula is C6H13NO. The van der Waals surface area contributed by atoms with E-state index in [1.807, 2.05) is 5.32 Å². The van der Waals surface area contributed by atoms with Gasteiger partial charge in [-0.2, -0.15) is 7.05 Å². The molecule has 0 aromatic carbocycles. The van der Waals surface area contributed by atoms with Crippen molar-refractivity contribution in [1.29, 1.82) is 0 Å². The highest BCUT2D eigenvalue weighted by Gasteiger charge is 1.90. The Hall–Kier alpha value is -0.370. The van der Waals surface area contributed by atoms with Crippen LogP contribution in [0.4, 0.5) is 0 Å². The van der Waals surface area contributed by atoms with Gasteiger partial charge in [-0.25, -0.2) is 0 Å². The van der Waals surface area contributed by atoms with Gasteiger partial charge in [0.15, 0.2) is 0 Å². The van der Waals surface area contributed by atoms with E-state index in [9.17, 15) is 4.79 Å². The van der Waals surface area contributed by atoms with E-state index in [2.05, 4.69) is 7.05 Å². The molecule has 0 amide bonds. The first-order valence-corrected chi connectivity index (χ1v) is 2.87. The van der Waals surface area contributed by atoms with Gasteiger partial charge in [0.2, 0.25) is 0 Å². The molecule has 0 heterocycles. The zero-order valence-corrected chi connectivity index (χ0v) is 5.31. The van der Waals surface area contributed by atoms with Crippen molar-refractivity contribution in [3.05, 3.63) is 7.05 Å². The summed E-state index contributed by atoms with van der Waals surface area (Å²) in [4.78, 5) is 10.3. The minimum atomic E-state index is 0.270. The molecule has 0 radical (unpaired) electrons. The number of ketones is 1. The SMILES string of the molecule is [CH2-][NH2+]CCCC(C)=O. The Kier molecular flexibility index (Phi) is 4.56. The van der Waals surface area contributed by atoms with Crippen LogP contribution in [0.25, 0.3) is 0 Å². The minimum absolute atomic E-state index is 0.270. The highest BCUT2D eigenvalue weighted by atomic mass is 16.1. The lowest BCUT2D eigenvalue weighted by atomic mass is 10.2. The third kappa shape index (κ3) is 5.63. The van der Waals surface area contributed by atoms with Gasteiger partial charge in [-0.05, 0) is 6.92 Å². The van der Waals surface area contributed by atoms with Crippen LogP contribution in [0.15, 0.2) is 0 Å². The third-order valence-corrected chi connectivity index (χ3v) is 0.937. The van der Waals surface area contributed by atoms with Crippen molar-refractivity contribution >= 4 is 5.78 Å². The molecule has 0 aliphatic carbocycles. The van der Waals surface area contributed by atoms with Crippen LogP contribution in [0.2, 0.25) is 0 Å². The third-order valence-electron chi connectivity index (χ3n) is 0.937. The van der Waals surface area contributed by atoms with Crippen LogP contribution in [0.3, 0.4) is 0 Å². The Morgan fingerprint density at radius 2 is 2.38 bits per heavy atom. The van der Waals surface area contributed by atoms with Gasteiger partial charge in [-0.15, -0.1) is 0 Å². The first-order valence-electron chi connectivity index (χ1n) is 2.87. The molecule has 0 spiro atoms. The van der Waals surface area contributed by atoms with Gasteiger partial charge in [0.25, 0.3) is 0 Å².